The number of allylic oxidation sites excluding steroid dienone is 7. The maximum Gasteiger partial charge on any atom is 0.220 e. The fourth-order valence-corrected chi connectivity index (χ4v) is 8.12. The van der Waals surface area contributed by atoms with Crippen LogP contribution in [0.25, 0.3) is 0 Å². The molecule has 0 spiro atoms. The first kappa shape index (κ1) is 59.2. The lowest BCUT2D eigenvalue weighted by atomic mass is 9.99. The highest BCUT2D eigenvalue weighted by Gasteiger charge is 2.44. The summed E-state index contributed by atoms with van der Waals surface area (Å²) in [7, 11) is 0. The first-order valence-corrected chi connectivity index (χ1v) is 26.4. The Bertz CT molecular complexity index is 1130. The molecule has 1 fully saturated rings. The van der Waals surface area contributed by atoms with Gasteiger partial charge in [0.05, 0.1) is 25.4 Å². The van der Waals surface area contributed by atoms with Crippen LogP contribution < -0.4 is 5.32 Å². The Labute approximate surface area is 386 Å². The number of unbranched alkanes of at least 4 members (excludes halogenated alkanes) is 28. The van der Waals surface area contributed by atoms with Crippen LogP contribution in [0.15, 0.2) is 48.6 Å². The van der Waals surface area contributed by atoms with Gasteiger partial charge in [-0.05, 0) is 70.6 Å². The van der Waals surface area contributed by atoms with Crippen LogP contribution in [-0.4, -0.2) is 87.5 Å². The van der Waals surface area contributed by atoms with Gasteiger partial charge in [-0.1, -0.05) is 204 Å². The molecule has 368 valence electrons. The number of aliphatic hydroxyl groups excluding tert-OH is 5. The summed E-state index contributed by atoms with van der Waals surface area (Å²) in [5.74, 6) is -0.195. The van der Waals surface area contributed by atoms with Crippen LogP contribution in [-0.2, 0) is 14.3 Å². The van der Waals surface area contributed by atoms with E-state index in [1.165, 1.54) is 154 Å². The van der Waals surface area contributed by atoms with E-state index >= 15 is 0 Å². The summed E-state index contributed by atoms with van der Waals surface area (Å²) in [5, 5.41) is 54.3. The van der Waals surface area contributed by atoms with Crippen LogP contribution in [0.4, 0.5) is 0 Å². The number of ether oxygens (including phenoxy) is 2. The molecule has 0 bridgehead atoms. The first-order chi connectivity index (χ1) is 30.8. The van der Waals surface area contributed by atoms with Crippen LogP contribution in [0.3, 0.4) is 0 Å². The molecule has 1 rings (SSSR count). The van der Waals surface area contributed by atoms with Gasteiger partial charge in [0, 0.05) is 6.42 Å². The minimum absolute atomic E-state index is 0.195. The highest BCUT2D eigenvalue weighted by molar-refractivity contribution is 5.76. The third-order valence-electron chi connectivity index (χ3n) is 12.4. The van der Waals surface area contributed by atoms with E-state index in [2.05, 4.69) is 55.6 Å². The van der Waals surface area contributed by atoms with Crippen LogP contribution in [0.1, 0.15) is 232 Å². The molecule has 7 unspecified atom stereocenters. The van der Waals surface area contributed by atoms with Crippen LogP contribution in [0.2, 0.25) is 0 Å². The van der Waals surface area contributed by atoms with Gasteiger partial charge in [0.2, 0.25) is 5.91 Å². The van der Waals surface area contributed by atoms with E-state index in [1.807, 2.05) is 6.08 Å². The van der Waals surface area contributed by atoms with Crippen molar-refractivity contribution in [2.45, 2.75) is 275 Å². The van der Waals surface area contributed by atoms with Crippen molar-refractivity contribution in [3.63, 3.8) is 0 Å². The van der Waals surface area contributed by atoms with Crippen molar-refractivity contribution in [2.24, 2.45) is 0 Å². The minimum Gasteiger partial charge on any atom is -0.394 e. The van der Waals surface area contributed by atoms with Crippen LogP contribution in [0, 0.1) is 0 Å². The zero-order valence-corrected chi connectivity index (χ0v) is 40.6. The monoisotopic (exact) mass is 890 g/mol. The third-order valence-corrected chi connectivity index (χ3v) is 12.4. The second kappa shape index (κ2) is 44.0. The fourth-order valence-electron chi connectivity index (χ4n) is 8.12. The quantitative estimate of drug-likeness (QED) is 0.0262. The van der Waals surface area contributed by atoms with Crippen molar-refractivity contribution < 1.29 is 39.8 Å². The molecular weight excluding hydrogens is 791 g/mol. The highest BCUT2D eigenvalue weighted by atomic mass is 16.7. The average Bonchev–Trinajstić information content (AvgIpc) is 3.28. The van der Waals surface area contributed by atoms with Gasteiger partial charge in [0.15, 0.2) is 6.29 Å². The van der Waals surface area contributed by atoms with Gasteiger partial charge in [-0.25, -0.2) is 0 Å². The van der Waals surface area contributed by atoms with Gasteiger partial charge in [0.1, 0.15) is 24.4 Å². The number of aliphatic hydroxyl groups is 5. The number of nitrogens with one attached hydrogen (secondary N) is 1. The van der Waals surface area contributed by atoms with Crippen LogP contribution >= 0.6 is 0 Å². The minimum atomic E-state index is -1.58. The Kier molecular flexibility index (Phi) is 41.3. The standard InChI is InChI=1S/C54H99NO8/c1-3-5-7-9-11-13-15-17-19-21-23-24-25-26-28-30-32-34-36-38-40-42-44-50(58)55-47(46-62-54-53(61)52(60)51(59)49(45-56)63-54)48(57)43-41-39-37-35-33-31-29-27-22-20-18-16-14-12-10-8-6-4-2/h22,25-27,33,35,41,43,47-49,51-54,56-57,59-61H,3-21,23-24,28-32,34,36-40,42,44-46H2,1-2H3,(H,55,58)/b26-25-,27-22+,35-33+,43-41+. The zero-order valence-electron chi connectivity index (χ0n) is 40.6. The Morgan fingerprint density at radius 1 is 0.524 bits per heavy atom. The van der Waals surface area contributed by atoms with Gasteiger partial charge in [-0.3, -0.25) is 4.79 Å². The van der Waals surface area contributed by atoms with E-state index in [-0.39, 0.29) is 12.5 Å². The summed E-state index contributed by atoms with van der Waals surface area (Å²) in [6.45, 7) is 3.76. The highest BCUT2D eigenvalue weighted by Crippen LogP contribution is 2.23. The molecule has 0 aromatic rings. The molecule has 0 saturated carbocycles. The lowest BCUT2D eigenvalue weighted by Gasteiger charge is -2.40. The summed E-state index contributed by atoms with van der Waals surface area (Å²) in [6.07, 6.45) is 50.2. The Morgan fingerprint density at radius 3 is 1.33 bits per heavy atom. The van der Waals surface area contributed by atoms with Gasteiger partial charge in [-0.2, -0.15) is 0 Å². The number of hydrogen-bond acceptors (Lipinski definition) is 8. The Hall–Kier alpha value is -1.85. The van der Waals surface area contributed by atoms with Crippen molar-refractivity contribution in [1.82, 2.24) is 5.32 Å². The van der Waals surface area contributed by atoms with Crippen molar-refractivity contribution >= 4 is 5.91 Å². The summed E-state index contributed by atoms with van der Waals surface area (Å²) in [6, 6.07) is -0.831. The summed E-state index contributed by atoms with van der Waals surface area (Å²) >= 11 is 0. The molecule has 0 radical (unpaired) electrons. The lowest BCUT2D eigenvalue weighted by molar-refractivity contribution is -0.302. The summed E-state index contributed by atoms with van der Waals surface area (Å²) in [5.41, 5.74) is 0. The van der Waals surface area contributed by atoms with E-state index in [0.29, 0.717) is 6.42 Å². The number of amides is 1. The van der Waals surface area contributed by atoms with Crippen molar-refractivity contribution in [3.8, 4) is 0 Å². The van der Waals surface area contributed by atoms with Crippen molar-refractivity contribution in [2.75, 3.05) is 13.2 Å². The zero-order chi connectivity index (χ0) is 45.9. The predicted octanol–water partition coefficient (Wildman–Crippen LogP) is 12.2. The van der Waals surface area contributed by atoms with E-state index in [0.717, 1.165) is 57.8 Å². The molecule has 1 saturated heterocycles. The molecule has 7 atom stereocenters. The topological polar surface area (TPSA) is 149 Å². The second-order valence-corrected chi connectivity index (χ2v) is 18.3. The molecule has 1 amide bonds. The molecule has 63 heavy (non-hydrogen) atoms. The van der Waals surface area contributed by atoms with E-state index < -0.39 is 49.5 Å². The van der Waals surface area contributed by atoms with Crippen molar-refractivity contribution in [1.29, 1.82) is 0 Å². The number of carbonyl (C=O) groups excluding carboxylic acids is 1. The van der Waals surface area contributed by atoms with E-state index in [1.54, 1.807) is 6.08 Å². The third kappa shape index (κ3) is 34.2. The average molecular weight is 890 g/mol. The molecule has 9 nitrogen and oxygen atoms in total. The van der Waals surface area contributed by atoms with E-state index in [4.69, 9.17) is 9.47 Å². The molecule has 0 aromatic carbocycles. The molecule has 1 heterocycles. The number of carbonyl (C=O) groups is 1. The maximum absolute atomic E-state index is 13.0. The largest absolute Gasteiger partial charge is 0.394 e. The lowest BCUT2D eigenvalue weighted by Crippen LogP contribution is -2.60. The van der Waals surface area contributed by atoms with Crippen LogP contribution in [0.5, 0.6) is 0 Å². The van der Waals surface area contributed by atoms with E-state index in [9.17, 15) is 30.3 Å². The Balaban J connectivity index is 2.31. The predicted molar refractivity (Wildman–Crippen MR) is 263 cm³/mol. The molecule has 0 aromatic heterocycles. The first-order valence-electron chi connectivity index (χ1n) is 26.4. The fraction of sp³-hybridized carbons (Fsp3) is 0.833. The smallest absolute Gasteiger partial charge is 0.220 e. The second-order valence-electron chi connectivity index (χ2n) is 18.3. The molecule has 0 aliphatic carbocycles. The Morgan fingerprint density at radius 2 is 0.905 bits per heavy atom. The van der Waals surface area contributed by atoms with Gasteiger partial charge >= 0.3 is 0 Å². The number of rotatable bonds is 44. The number of hydrogen-bond donors (Lipinski definition) is 6. The molecular formula is C54H99NO8. The molecule has 1 aliphatic heterocycles. The van der Waals surface area contributed by atoms with Crippen molar-refractivity contribution in [3.05, 3.63) is 48.6 Å². The van der Waals surface area contributed by atoms with Gasteiger partial charge in [-0.15, -0.1) is 0 Å². The maximum atomic E-state index is 13.0. The summed E-state index contributed by atoms with van der Waals surface area (Å²) in [4.78, 5) is 13.0. The summed E-state index contributed by atoms with van der Waals surface area (Å²) < 4.78 is 11.2. The SMILES string of the molecule is CCCCCCCCCC/C=C/CC/C=C/CC/C=C/C(O)C(COC1OC(CO)C(O)C(O)C1O)NC(=O)CCCCCCCCC/C=C\CCCCCCCCCCCCC. The van der Waals surface area contributed by atoms with Gasteiger partial charge < -0.3 is 40.3 Å². The molecule has 1 aliphatic rings. The molecule has 6 N–H and O–H groups in total. The normalized spacial score (nSPS) is 20.5. The molecule has 9 heteroatoms. The van der Waals surface area contributed by atoms with Gasteiger partial charge in [0.25, 0.3) is 0 Å².